The molecular weight excluding hydrogens is 384 g/mol. The van der Waals surface area contributed by atoms with Crippen LogP contribution >= 0.6 is 22.7 Å². The first-order chi connectivity index (χ1) is 13.0. The van der Waals surface area contributed by atoms with Gasteiger partial charge in [0.15, 0.2) is 5.69 Å². The molecular formula is C18H24N4O3S2. The van der Waals surface area contributed by atoms with Crippen molar-refractivity contribution in [3.63, 3.8) is 0 Å². The summed E-state index contributed by atoms with van der Waals surface area (Å²) < 4.78 is 4.76. The molecule has 3 heterocycles. The van der Waals surface area contributed by atoms with Gasteiger partial charge in [0.2, 0.25) is 5.91 Å². The second-order valence-corrected chi connectivity index (χ2v) is 8.53. The van der Waals surface area contributed by atoms with E-state index in [1.807, 2.05) is 0 Å². The van der Waals surface area contributed by atoms with E-state index in [-0.39, 0.29) is 5.91 Å². The van der Waals surface area contributed by atoms with Gasteiger partial charge in [0.25, 0.3) is 0 Å². The van der Waals surface area contributed by atoms with E-state index in [1.165, 1.54) is 28.9 Å². The van der Waals surface area contributed by atoms with Crippen molar-refractivity contribution in [2.45, 2.75) is 39.3 Å². The molecule has 0 saturated heterocycles. The van der Waals surface area contributed by atoms with Crippen molar-refractivity contribution < 1.29 is 14.3 Å². The average molecular weight is 409 g/mol. The summed E-state index contributed by atoms with van der Waals surface area (Å²) in [7, 11) is 1.34. The Kier molecular flexibility index (Phi) is 6.59. The van der Waals surface area contributed by atoms with E-state index >= 15 is 0 Å². The molecule has 3 rings (SSSR count). The summed E-state index contributed by atoms with van der Waals surface area (Å²) in [6.45, 7) is 6.41. The molecule has 1 aliphatic rings. The molecule has 146 valence electrons. The number of esters is 1. The van der Waals surface area contributed by atoms with Crippen molar-refractivity contribution in [3.8, 4) is 10.6 Å². The highest BCUT2D eigenvalue weighted by Crippen LogP contribution is 2.43. The quantitative estimate of drug-likeness (QED) is 0.610. The number of rotatable bonds is 7. The number of carbonyl (C=O) groups is 2. The lowest BCUT2D eigenvalue weighted by molar-refractivity contribution is -0.116. The highest BCUT2D eigenvalue weighted by atomic mass is 32.1. The minimum Gasteiger partial charge on any atom is -0.464 e. The molecule has 1 aliphatic heterocycles. The first-order valence-corrected chi connectivity index (χ1v) is 10.6. The summed E-state index contributed by atoms with van der Waals surface area (Å²) in [5.41, 5.74) is 2.45. The predicted molar refractivity (Wildman–Crippen MR) is 109 cm³/mol. The van der Waals surface area contributed by atoms with E-state index in [1.54, 1.807) is 16.7 Å². The number of fused-ring (bicyclic) bond motifs is 1. The van der Waals surface area contributed by atoms with Crippen LogP contribution in [0.1, 0.15) is 41.2 Å². The Morgan fingerprint density at radius 3 is 2.96 bits per heavy atom. The van der Waals surface area contributed by atoms with E-state index in [0.29, 0.717) is 24.7 Å². The van der Waals surface area contributed by atoms with Crippen LogP contribution in [0.5, 0.6) is 0 Å². The van der Waals surface area contributed by atoms with Crippen LogP contribution in [0.4, 0.5) is 5.00 Å². The molecule has 2 aromatic heterocycles. The third-order valence-electron chi connectivity index (χ3n) is 4.20. The molecule has 0 unspecified atom stereocenters. The van der Waals surface area contributed by atoms with Gasteiger partial charge in [-0.25, -0.2) is 9.78 Å². The van der Waals surface area contributed by atoms with Crippen molar-refractivity contribution in [3.05, 3.63) is 21.5 Å². The second kappa shape index (κ2) is 8.92. The third kappa shape index (κ3) is 4.73. The Morgan fingerprint density at radius 1 is 1.41 bits per heavy atom. The van der Waals surface area contributed by atoms with Crippen LogP contribution in [0.3, 0.4) is 0 Å². The maximum atomic E-state index is 12.4. The fourth-order valence-corrected chi connectivity index (χ4v) is 5.07. The van der Waals surface area contributed by atoms with Crippen molar-refractivity contribution in [1.82, 2.24) is 15.6 Å². The van der Waals surface area contributed by atoms with E-state index < -0.39 is 5.97 Å². The minimum absolute atomic E-state index is 0.0271. The van der Waals surface area contributed by atoms with Gasteiger partial charge in [0.1, 0.15) is 10.0 Å². The molecule has 0 atom stereocenters. The molecule has 0 saturated carbocycles. The summed E-state index contributed by atoms with van der Waals surface area (Å²) in [5.74, 6) is -0.477. The minimum atomic E-state index is -0.450. The van der Waals surface area contributed by atoms with Gasteiger partial charge in [-0.3, -0.25) is 4.79 Å². The van der Waals surface area contributed by atoms with Gasteiger partial charge < -0.3 is 20.7 Å². The largest absolute Gasteiger partial charge is 0.464 e. The standard InChI is InChI=1S/C18H24N4O3S2/c1-10(2)20-7-5-14(23)22-17-15(11-4-6-19-8-13(11)27-17)16-21-12(9-26-16)18(24)25-3/h9-10,19-20H,4-8H2,1-3H3,(H,22,23). The van der Waals surface area contributed by atoms with Crippen LogP contribution in [0.2, 0.25) is 0 Å². The third-order valence-corrected chi connectivity index (χ3v) is 6.21. The normalized spacial score (nSPS) is 13.5. The number of ether oxygens (including phenoxy) is 1. The van der Waals surface area contributed by atoms with Gasteiger partial charge >= 0.3 is 5.97 Å². The highest BCUT2D eigenvalue weighted by molar-refractivity contribution is 7.18. The van der Waals surface area contributed by atoms with Gasteiger partial charge in [0, 0.05) is 41.4 Å². The fourth-order valence-electron chi connectivity index (χ4n) is 2.90. The maximum Gasteiger partial charge on any atom is 0.357 e. The Balaban J connectivity index is 1.86. The lowest BCUT2D eigenvalue weighted by atomic mass is 10.0. The second-order valence-electron chi connectivity index (χ2n) is 6.57. The van der Waals surface area contributed by atoms with Gasteiger partial charge in [0.05, 0.1) is 7.11 Å². The van der Waals surface area contributed by atoms with Gasteiger partial charge in [-0.2, -0.15) is 0 Å². The predicted octanol–water partition coefficient (Wildman–Crippen LogP) is 2.63. The molecule has 1 amide bonds. The van der Waals surface area contributed by atoms with E-state index in [9.17, 15) is 9.59 Å². The first-order valence-electron chi connectivity index (χ1n) is 8.92. The lowest BCUT2D eigenvalue weighted by Gasteiger charge is -2.13. The summed E-state index contributed by atoms with van der Waals surface area (Å²) >= 11 is 2.98. The van der Waals surface area contributed by atoms with Crippen LogP contribution < -0.4 is 16.0 Å². The molecule has 0 bridgehead atoms. The zero-order valence-electron chi connectivity index (χ0n) is 15.7. The highest BCUT2D eigenvalue weighted by Gasteiger charge is 2.25. The van der Waals surface area contributed by atoms with E-state index in [4.69, 9.17) is 4.74 Å². The van der Waals surface area contributed by atoms with Crippen molar-refractivity contribution in [2.24, 2.45) is 0 Å². The van der Waals surface area contributed by atoms with Crippen molar-refractivity contribution in [1.29, 1.82) is 0 Å². The number of anilines is 1. The average Bonchev–Trinajstić information content (AvgIpc) is 3.24. The number of aromatic nitrogens is 1. The van der Waals surface area contributed by atoms with Crippen LogP contribution in [-0.4, -0.2) is 43.1 Å². The number of amides is 1. The molecule has 3 N–H and O–H groups in total. The van der Waals surface area contributed by atoms with Crippen LogP contribution in [-0.2, 0) is 22.5 Å². The summed E-state index contributed by atoms with van der Waals surface area (Å²) in [6, 6.07) is 0.348. The lowest BCUT2D eigenvalue weighted by Crippen LogP contribution is -2.27. The zero-order chi connectivity index (χ0) is 19.4. The number of thiophene rings is 1. The van der Waals surface area contributed by atoms with E-state index in [0.717, 1.165) is 35.1 Å². The number of hydrogen-bond acceptors (Lipinski definition) is 8. The Morgan fingerprint density at radius 2 is 2.22 bits per heavy atom. The Hall–Kier alpha value is -1.81. The van der Waals surface area contributed by atoms with Gasteiger partial charge in [-0.15, -0.1) is 22.7 Å². The monoisotopic (exact) mass is 408 g/mol. The Bertz CT molecular complexity index is 829. The van der Waals surface area contributed by atoms with Gasteiger partial charge in [-0.1, -0.05) is 13.8 Å². The number of hydrogen-bond donors (Lipinski definition) is 3. The van der Waals surface area contributed by atoms with Crippen LogP contribution in [0.15, 0.2) is 5.38 Å². The molecule has 0 spiro atoms. The zero-order valence-corrected chi connectivity index (χ0v) is 17.3. The number of nitrogens with zero attached hydrogens (tertiary/aromatic N) is 1. The molecule has 9 heteroatoms. The molecule has 0 aromatic carbocycles. The van der Waals surface area contributed by atoms with Crippen LogP contribution in [0, 0.1) is 0 Å². The van der Waals surface area contributed by atoms with E-state index in [2.05, 4.69) is 34.8 Å². The molecule has 0 radical (unpaired) electrons. The van der Waals surface area contributed by atoms with Crippen molar-refractivity contribution in [2.75, 3.05) is 25.5 Å². The smallest absolute Gasteiger partial charge is 0.357 e. The molecule has 7 nitrogen and oxygen atoms in total. The molecule has 27 heavy (non-hydrogen) atoms. The van der Waals surface area contributed by atoms with Gasteiger partial charge in [-0.05, 0) is 18.5 Å². The molecule has 2 aromatic rings. The topological polar surface area (TPSA) is 92.3 Å². The number of nitrogens with one attached hydrogen (secondary N) is 3. The fraction of sp³-hybridized carbons (Fsp3) is 0.500. The maximum absolute atomic E-state index is 12.4. The number of methoxy groups -OCH3 is 1. The molecule has 0 aliphatic carbocycles. The van der Waals surface area contributed by atoms with Crippen molar-refractivity contribution >= 4 is 39.6 Å². The summed E-state index contributed by atoms with van der Waals surface area (Å²) in [4.78, 5) is 29.8. The SMILES string of the molecule is COC(=O)c1csc(-c2c(NC(=O)CCNC(C)C)sc3c2CCNC3)n1. The molecule has 0 fully saturated rings. The first kappa shape index (κ1) is 19.9. The van der Waals surface area contributed by atoms with Crippen LogP contribution in [0.25, 0.3) is 10.6 Å². The summed E-state index contributed by atoms with van der Waals surface area (Å²) in [6.07, 6.45) is 1.28. The summed E-state index contributed by atoms with van der Waals surface area (Å²) in [5, 5.41) is 12.9. The Labute approximate surface area is 166 Å². The number of thiazole rings is 1. The number of carbonyl (C=O) groups excluding carboxylic acids is 2.